The largest absolute Gasteiger partial charge is 0.348 e. The molecule has 136 valence electrons. The van der Waals surface area contributed by atoms with Crippen molar-refractivity contribution in [3.63, 3.8) is 0 Å². The number of hydrogen-bond donors (Lipinski definition) is 3. The summed E-state index contributed by atoms with van der Waals surface area (Å²) >= 11 is 6.11. The number of nitrogens with zero attached hydrogens (tertiary/aromatic N) is 4. The van der Waals surface area contributed by atoms with E-state index in [4.69, 9.17) is 11.6 Å². The van der Waals surface area contributed by atoms with E-state index in [9.17, 15) is 8.42 Å². The van der Waals surface area contributed by atoms with Gasteiger partial charge in [-0.2, -0.15) is 10.1 Å². The Morgan fingerprint density at radius 3 is 2.77 bits per heavy atom. The molecule has 0 saturated carbocycles. The van der Waals surface area contributed by atoms with E-state index in [-0.39, 0.29) is 21.9 Å². The summed E-state index contributed by atoms with van der Waals surface area (Å²) in [5.74, 6) is 0.929. The highest BCUT2D eigenvalue weighted by molar-refractivity contribution is 7.90. The molecule has 3 N–H and O–H groups in total. The van der Waals surface area contributed by atoms with E-state index < -0.39 is 9.84 Å². The molecule has 1 unspecified atom stereocenters. The summed E-state index contributed by atoms with van der Waals surface area (Å²) in [6.45, 7) is 1.95. The lowest BCUT2D eigenvalue weighted by atomic mass is 10.1. The van der Waals surface area contributed by atoms with Crippen LogP contribution in [0.15, 0.2) is 41.8 Å². The van der Waals surface area contributed by atoms with Crippen LogP contribution in [0.5, 0.6) is 0 Å². The van der Waals surface area contributed by atoms with Crippen LogP contribution in [0.1, 0.15) is 18.5 Å². The Balaban J connectivity index is 1.78. The highest BCUT2D eigenvalue weighted by Gasteiger charge is 2.14. The Bertz CT molecular complexity index is 1010. The first-order valence-corrected chi connectivity index (χ1v) is 9.81. The summed E-state index contributed by atoms with van der Waals surface area (Å²) in [6.07, 6.45) is 5.98. The lowest BCUT2D eigenvalue weighted by Crippen LogP contribution is -2.10. The third-order valence-electron chi connectivity index (χ3n) is 3.47. The summed E-state index contributed by atoms with van der Waals surface area (Å²) < 4.78 is 23.0. The lowest BCUT2D eigenvalue weighted by molar-refractivity contribution is 0.598. The molecule has 3 heterocycles. The van der Waals surface area contributed by atoms with Crippen molar-refractivity contribution in [2.75, 3.05) is 16.9 Å². The van der Waals surface area contributed by atoms with Crippen LogP contribution in [0.2, 0.25) is 5.02 Å². The number of anilines is 3. The van der Waals surface area contributed by atoms with Gasteiger partial charge in [-0.3, -0.25) is 10.1 Å². The summed E-state index contributed by atoms with van der Waals surface area (Å²) in [6, 6.07) is 5.08. The number of H-pyrrole nitrogens is 1. The van der Waals surface area contributed by atoms with E-state index in [1.54, 1.807) is 12.4 Å². The zero-order valence-corrected chi connectivity index (χ0v) is 15.5. The van der Waals surface area contributed by atoms with Gasteiger partial charge in [0, 0.05) is 24.7 Å². The number of pyridine rings is 1. The molecule has 3 aromatic heterocycles. The van der Waals surface area contributed by atoms with Crippen molar-refractivity contribution >= 4 is 39.0 Å². The number of rotatable bonds is 6. The van der Waals surface area contributed by atoms with Gasteiger partial charge >= 0.3 is 0 Å². The van der Waals surface area contributed by atoms with Crippen molar-refractivity contribution in [1.82, 2.24) is 25.1 Å². The third-order valence-corrected chi connectivity index (χ3v) is 4.76. The SMILES string of the molecule is CC(Nc1ncc(Cl)c(Nc2cc(S(C)(=O)=O)[nH]n2)n1)c1cccnc1. The van der Waals surface area contributed by atoms with Gasteiger partial charge in [0.1, 0.15) is 5.02 Å². The van der Waals surface area contributed by atoms with Crippen LogP contribution in [0.4, 0.5) is 17.6 Å². The topological polar surface area (TPSA) is 126 Å². The second-order valence-electron chi connectivity index (χ2n) is 5.56. The Labute approximate surface area is 155 Å². The van der Waals surface area contributed by atoms with Crippen LogP contribution in [0.3, 0.4) is 0 Å². The maximum absolute atomic E-state index is 11.5. The fourth-order valence-electron chi connectivity index (χ4n) is 2.11. The van der Waals surface area contributed by atoms with E-state index in [0.717, 1.165) is 11.8 Å². The van der Waals surface area contributed by atoms with E-state index >= 15 is 0 Å². The molecule has 9 nitrogen and oxygen atoms in total. The average molecular weight is 394 g/mol. The Morgan fingerprint density at radius 2 is 2.12 bits per heavy atom. The maximum atomic E-state index is 11.5. The molecular weight excluding hydrogens is 378 g/mol. The van der Waals surface area contributed by atoms with E-state index in [0.29, 0.717) is 11.8 Å². The predicted octanol–water partition coefficient (Wildman–Crippen LogP) is 2.57. The second-order valence-corrected chi connectivity index (χ2v) is 7.95. The maximum Gasteiger partial charge on any atom is 0.225 e. The fraction of sp³-hybridized carbons (Fsp3) is 0.200. The number of aromatic amines is 1. The van der Waals surface area contributed by atoms with Crippen molar-refractivity contribution in [3.05, 3.63) is 47.4 Å². The number of nitrogens with one attached hydrogen (secondary N) is 3. The standard InChI is InChI=1S/C15H16ClN7O2S/c1-9(10-4-3-5-17-7-10)19-15-18-8-11(16)14(21-15)20-12-6-13(23-22-12)26(2,24)25/h3-9H,1-2H3,(H3,18,19,20,21,22,23). The quantitative estimate of drug-likeness (QED) is 0.583. The Morgan fingerprint density at radius 1 is 1.31 bits per heavy atom. The molecule has 0 spiro atoms. The molecule has 1 atom stereocenters. The fourth-order valence-corrected chi connectivity index (χ4v) is 2.79. The molecule has 0 saturated heterocycles. The van der Waals surface area contributed by atoms with Crippen molar-refractivity contribution in [2.45, 2.75) is 18.0 Å². The molecule has 0 aliphatic heterocycles. The first kappa shape index (κ1) is 18.1. The molecule has 11 heteroatoms. The van der Waals surface area contributed by atoms with Crippen LogP contribution < -0.4 is 10.6 Å². The summed E-state index contributed by atoms with van der Waals surface area (Å²) in [5.41, 5.74) is 0.977. The molecule has 26 heavy (non-hydrogen) atoms. The number of sulfone groups is 1. The van der Waals surface area contributed by atoms with Crippen LogP contribution in [0.25, 0.3) is 0 Å². The molecule has 0 aliphatic carbocycles. The van der Waals surface area contributed by atoms with Crippen LogP contribution in [0, 0.1) is 0 Å². The van der Waals surface area contributed by atoms with Gasteiger partial charge in [0.05, 0.1) is 12.2 Å². The minimum Gasteiger partial charge on any atom is -0.348 e. The first-order chi connectivity index (χ1) is 12.3. The van der Waals surface area contributed by atoms with Gasteiger partial charge < -0.3 is 10.6 Å². The van der Waals surface area contributed by atoms with E-state index in [1.807, 2.05) is 19.1 Å². The number of aromatic nitrogens is 5. The predicted molar refractivity (Wildman–Crippen MR) is 98.3 cm³/mol. The normalized spacial score (nSPS) is 12.6. The summed E-state index contributed by atoms with van der Waals surface area (Å²) in [7, 11) is -3.38. The van der Waals surface area contributed by atoms with E-state index in [2.05, 4.69) is 35.8 Å². The second kappa shape index (κ2) is 7.26. The van der Waals surface area contributed by atoms with E-state index in [1.165, 1.54) is 12.3 Å². The number of hydrogen-bond acceptors (Lipinski definition) is 8. The smallest absolute Gasteiger partial charge is 0.225 e. The van der Waals surface area contributed by atoms with Gasteiger partial charge in [-0.15, -0.1) is 0 Å². The highest BCUT2D eigenvalue weighted by atomic mass is 35.5. The molecule has 0 amide bonds. The molecular formula is C15H16ClN7O2S. The van der Waals surface area contributed by atoms with Crippen LogP contribution in [-0.4, -0.2) is 39.8 Å². The molecule has 0 aliphatic rings. The lowest BCUT2D eigenvalue weighted by Gasteiger charge is -2.14. The van der Waals surface area contributed by atoms with Crippen molar-refractivity contribution in [2.24, 2.45) is 0 Å². The highest BCUT2D eigenvalue weighted by Crippen LogP contribution is 2.25. The van der Waals surface area contributed by atoms with Crippen LogP contribution in [-0.2, 0) is 9.84 Å². The molecule has 0 fully saturated rings. The molecule has 0 radical (unpaired) electrons. The zero-order chi connectivity index (χ0) is 18.7. The monoisotopic (exact) mass is 393 g/mol. The molecule has 0 aromatic carbocycles. The average Bonchev–Trinajstić information content (AvgIpc) is 3.07. The van der Waals surface area contributed by atoms with Gasteiger partial charge in [-0.1, -0.05) is 17.7 Å². The summed E-state index contributed by atoms with van der Waals surface area (Å²) in [4.78, 5) is 12.5. The van der Waals surface area contributed by atoms with Gasteiger partial charge in [0.25, 0.3) is 0 Å². The minimum absolute atomic E-state index is 0.00581. The summed E-state index contributed by atoms with van der Waals surface area (Å²) in [5, 5.41) is 12.6. The third kappa shape index (κ3) is 4.27. The zero-order valence-electron chi connectivity index (χ0n) is 13.9. The van der Waals surface area contributed by atoms with Crippen LogP contribution >= 0.6 is 11.6 Å². The molecule has 0 bridgehead atoms. The van der Waals surface area contributed by atoms with Gasteiger partial charge in [-0.25, -0.2) is 13.4 Å². The Kier molecular flexibility index (Phi) is 5.05. The Hall–Kier alpha value is -2.72. The van der Waals surface area contributed by atoms with Gasteiger partial charge in [0.2, 0.25) is 5.95 Å². The molecule has 3 rings (SSSR count). The van der Waals surface area contributed by atoms with Gasteiger partial charge in [-0.05, 0) is 18.6 Å². The molecule has 3 aromatic rings. The van der Waals surface area contributed by atoms with Crippen molar-refractivity contribution < 1.29 is 8.42 Å². The minimum atomic E-state index is -3.38. The number of halogens is 1. The first-order valence-electron chi connectivity index (χ1n) is 7.54. The van der Waals surface area contributed by atoms with Crippen molar-refractivity contribution in [1.29, 1.82) is 0 Å². The van der Waals surface area contributed by atoms with Gasteiger partial charge in [0.15, 0.2) is 26.5 Å². The van der Waals surface area contributed by atoms with Crippen molar-refractivity contribution in [3.8, 4) is 0 Å².